The standard InChI is InChI=1S/C10H15N5O6/c11-5(17)1-12-6-2-13-15(10(20)14-6)9-8(19)7(18)4(3-16)21-9/h2,4,7-9,16,18-19H,1,3H2,(H2,11,17)(H,12,14,20)/t4-,7+,8+,9-/m0/s1. The first kappa shape index (κ1) is 15.3. The van der Waals surface area contributed by atoms with Crippen molar-refractivity contribution in [2.45, 2.75) is 24.5 Å². The first-order valence-corrected chi connectivity index (χ1v) is 6.04. The molecule has 6 N–H and O–H groups in total. The lowest BCUT2D eigenvalue weighted by molar-refractivity contribution is -0.116. The summed E-state index contributed by atoms with van der Waals surface area (Å²) in [4.78, 5) is 26.0. The van der Waals surface area contributed by atoms with Crippen LogP contribution in [0.2, 0.25) is 0 Å². The maximum absolute atomic E-state index is 11.8. The summed E-state index contributed by atoms with van der Waals surface area (Å²) in [5, 5.41) is 34.6. The highest BCUT2D eigenvalue weighted by atomic mass is 16.6. The van der Waals surface area contributed by atoms with Crippen molar-refractivity contribution in [2.75, 3.05) is 18.5 Å². The molecule has 21 heavy (non-hydrogen) atoms. The quantitative estimate of drug-likeness (QED) is 0.365. The second-order valence-corrected chi connectivity index (χ2v) is 4.42. The molecule has 0 aliphatic carbocycles. The molecule has 4 atom stereocenters. The van der Waals surface area contributed by atoms with Crippen LogP contribution in [-0.4, -0.2) is 67.5 Å². The van der Waals surface area contributed by atoms with E-state index in [1.807, 2.05) is 0 Å². The molecule has 2 heterocycles. The highest BCUT2D eigenvalue weighted by Crippen LogP contribution is 2.27. The molecule has 0 radical (unpaired) electrons. The number of carbonyl (C=O) groups is 1. The van der Waals surface area contributed by atoms with Crippen LogP contribution in [0.25, 0.3) is 0 Å². The van der Waals surface area contributed by atoms with Gasteiger partial charge in [0, 0.05) is 0 Å². The number of primary amides is 1. The summed E-state index contributed by atoms with van der Waals surface area (Å²) < 4.78 is 5.89. The Morgan fingerprint density at radius 3 is 2.71 bits per heavy atom. The third-order valence-electron chi connectivity index (χ3n) is 2.92. The van der Waals surface area contributed by atoms with Crippen molar-refractivity contribution >= 4 is 11.7 Å². The fourth-order valence-corrected chi connectivity index (χ4v) is 1.87. The Hall–Kier alpha value is -2.08. The molecule has 1 saturated heterocycles. The lowest BCUT2D eigenvalue weighted by atomic mass is 10.1. The minimum atomic E-state index is -1.43. The van der Waals surface area contributed by atoms with Crippen molar-refractivity contribution in [3.8, 4) is 0 Å². The third-order valence-corrected chi connectivity index (χ3v) is 2.92. The first-order valence-electron chi connectivity index (χ1n) is 6.04. The number of hydrogen-bond donors (Lipinski definition) is 5. The number of rotatable bonds is 5. The molecule has 0 saturated carbocycles. The van der Waals surface area contributed by atoms with Crippen LogP contribution in [0, 0.1) is 0 Å². The molecule has 1 fully saturated rings. The molecule has 11 nitrogen and oxygen atoms in total. The monoisotopic (exact) mass is 301 g/mol. The minimum Gasteiger partial charge on any atom is -0.394 e. The van der Waals surface area contributed by atoms with Gasteiger partial charge in [-0.05, 0) is 0 Å². The van der Waals surface area contributed by atoms with Gasteiger partial charge in [-0.15, -0.1) is 0 Å². The van der Waals surface area contributed by atoms with Gasteiger partial charge in [-0.25, -0.2) is 4.79 Å². The predicted octanol–water partition coefficient (Wildman–Crippen LogP) is -3.85. The van der Waals surface area contributed by atoms with Gasteiger partial charge in [-0.2, -0.15) is 14.8 Å². The zero-order valence-electron chi connectivity index (χ0n) is 10.8. The predicted molar refractivity (Wildman–Crippen MR) is 67.0 cm³/mol. The van der Waals surface area contributed by atoms with Crippen molar-refractivity contribution < 1.29 is 24.9 Å². The number of ether oxygens (including phenoxy) is 1. The van der Waals surface area contributed by atoms with Crippen LogP contribution in [0.1, 0.15) is 6.23 Å². The molecular weight excluding hydrogens is 286 g/mol. The van der Waals surface area contributed by atoms with Crippen LogP contribution >= 0.6 is 0 Å². The number of nitrogens with zero attached hydrogens (tertiary/aromatic N) is 3. The van der Waals surface area contributed by atoms with Gasteiger partial charge in [-0.3, -0.25) is 4.79 Å². The molecule has 11 heteroatoms. The highest BCUT2D eigenvalue weighted by Gasteiger charge is 2.44. The molecule has 0 aromatic carbocycles. The summed E-state index contributed by atoms with van der Waals surface area (Å²) in [6.07, 6.45) is -3.92. The average Bonchev–Trinajstić information content (AvgIpc) is 2.73. The molecule has 1 aliphatic heterocycles. The van der Waals surface area contributed by atoms with E-state index in [-0.39, 0.29) is 12.4 Å². The Balaban J connectivity index is 2.18. The number of amides is 1. The van der Waals surface area contributed by atoms with Crippen LogP contribution in [0.3, 0.4) is 0 Å². The SMILES string of the molecule is NC(=O)CNc1cnn([C@H]2O[C@@H](CO)[C@@H](O)[C@H]2O)c(=O)n1. The van der Waals surface area contributed by atoms with Crippen molar-refractivity contribution in [3.05, 3.63) is 16.7 Å². The van der Waals surface area contributed by atoms with Crippen LogP contribution in [0.15, 0.2) is 11.0 Å². The van der Waals surface area contributed by atoms with E-state index < -0.39 is 42.7 Å². The summed E-state index contributed by atoms with van der Waals surface area (Å²) in [6.45, 7) is -0.735. The first-order chi connectivity index (χ1) is 9.93. The maximum Gasteiger partial charge on any atom is 0.368 e. The Bertz CT molecular complexity index is 577. The number of hydrogen-bond acceptors (Lipinski definition) is 9. The number of nitrogens with one attached hydrogen (secondary N) is 1. The van der Waals surface area contributed by atoms with E-state index in [2.05, 4.69) is 15.4 Å². The van der Waals surface area contributed by atoms with Crippen molar-refractivity contribution in [1.82, 2.24) is 14.8 Å². The summed E-state index contributed by atoms with van der Waals surface area (Å²) in [6, 6.07) is 0. The second kappa shape index (κ2) is 6.13. The molecule has 1 aromatic rings. The fraction of sp³-hybridized carbons (Fsp3) is 0.600. The van der Waals surface area contributed by atoms with Crippen molar-refractivity contribution in [3.63, 3.8) is 0 Å². The molecule has 0 spiro atoms. The Kier molecular flexibility index (Phi) is 4.47. The Morgan fingerprint density at radius 2 is 2.19 bits per heavy atom. The van der Waals surface area contributed by atoms with Crippen LogP contribution < -0.4 is 16.7 Å². The Morgan fingerprint density at radius 1 is 1.48 bits per heavy atom. The number of aromatic nitrogens is 3. The van der Waals surface area contributed by atoms with Gasteiger partial charge in [0.05, 0.1) is 19.3 Å². The molecule has 116 valence electrons. The van der Waals surface area contributed by atoms with E-state index in [9.17, 15) is 19.8 Å². The topological polar surface area (TPSA) is 173 Å². The van der Waals surface area contributed by atoms with Gasteiger partial charge in [-0.1, -0.05) is 0 Å². The summed E-state index contributed by atoms with van der Waals surface area (Å²) in [5.41, 5.74) is 4.07. The van der Waals surface area contributed by atoms with Gasteiger partial charge < -0.3 is 31.1 Å². The smallest absolute Gasteiger partial charge is 0.368 e. The van der Waals surface area contributed by atoms with Gasteiger partial charge >= 0.3 is 5.69 Å². The summed E-state index contributed by atoms with van der Waals surface area (Å²) >= 11 is 0. The van der Waals surface area contributed by atoms with Gasteiger partial charge in [0.2, 0.25) is 5.91 Å². The van der Waals surface area contributed by atoms with Gasteiger partial charge in [0.25, 0.3) is 0 Å². The maximum atomic E-state index is 11.8. The van der Waals surface area contributed by atoms with Crippen LogP contribution in [0.5, 0.6) is 0 Å². The van der Waals surface area contributed by atoms with Gasteiger partial charge in [0.1, 0.15) is 18.3 Å². The Labute approximate surface area is 118 Å². The summed E-state index contributed by atoms with van der Waals surface area (Å²) in [5.74, 6) is -0.605. The number of aliphatic hydroxyl groups excluding tert-OH is 3. The molecule has 1 amide bonds. The second-order valence-electron chi connectivity index (χ2n) is 4.42. The number of nitrogens with two attached hydrogens (primary N) is 1. The lowest BCUT2D eigenvalue weighted by Gasteiger charge is -2.15. The highest BCUT2D eigenvalue weighted by molar-refractivity contribution is 5.78. The van der Waals surface area contributed by atoms with Gasteiger partial charge in [0.15, 0.2) is 12.0 Å². The fourth-order valence-electron chi connectivity index (χ4n) is 1.87. The van der Waals surface area contributed by atoms with E-state index in [0.29, 0.717) is 0 Å². The van der Waals surface area contributed by atoms with Crippen molar-refractivity contribution in [1.29, 1.82) is 0 Å². The summed E-state index contributed by atoms with van der Waals surface area (Å²) in [7, 11) is 0. The largest absolute Gasteiger partial charge is 0.394 e. The molecule has 2 rings (SSSR count). The van der Waals surface area contributed by atoms with E-state index in [0.717, 1.165) is 10.9 Å². The zero-order valence-corrected chi connectivity index (χ0v) is 10.8. The van der Waals surface area contributed by atoms with Crippen LogP contribution in [0.4, 0.5) is 5.82 Å². The van der Waals surface area contributed by atoms with E-state index >= 15 is 0 Å². The lowest BCUT2D eigenvalue weighted by Crippen LogP contribution is -2.37. The molecular formula is C10H15N5O6. The van der Waals surface area contributed by atoms with Crippen LogP contribution in [-0.2, 0) is 9.53 Å². The molecule has 0 unspecified atom stereocenters. The number of anilines is 1. The third kappa shape index (κ3) is 3.16. The number of carbonyl (C=O) groups excluding carboxylic acids is 1. The average molecular weight is 301 g/mol. The minimum absolute atomic E-state index is 0.0294. The van der Waals surface area contributed by atoms with E-state index in [1.54, 1.807) is 0 Å². The van der Waals surface area contributed by atoms with E-state index in [4.69, 9.17) is 15.6 Å². The van der Waals surface area contributed by atoms with E-state index in [1.165, 1.54) is 0 Å². The zero-order chi connectivity index (χ0) is 15.6. The number of aliphatic hydroxyl groups is 3. The molecule has 1 aromatic heterocycles. The molecule has 1 aliphatic rings. The normalized spacial score (nSPS) is 28.5. The molecule has 0 bridgehead atoms. The van der Waals surface area contributed by atoms with Crippen molar-refractivity contribution in [2.24, 2.45) is 5.73 Å².